The summed E-state index contributed by atoms with van der Waals surface area (Å²) in [7, 11) is 0. The second-order valence-electron chi connectivity index (χ2n) is 6.85. The number of nitrogens with one attached hydrogen (secondary N) is 2. The third kappa shape index (κ3) is 3.52. The van der Waals surface area contributed by atoms with Crippen LogP contribution in [0.15, 0.2) is 51.8 Å². The number of nitrogens with zero attached hydrogens (tertiary/aromatic N) is 2. The Labute approximate surface area is 170 Å². The zero-order valence-electron chi connectivity index (χ0n) is 16.1. The van der Waals surface area contributed by atoms with Crippen LogP contribution in [0.2, 0.25) is 0 Å². The van der Waals surface area contributed by atoms with Gasteiger partial charge in [0, 0.05) is 23.4 Å². The molecule has 0 spiro atoms. The van der Waals surface area contributed by atoms with Gasteiger partial charge in [-0.3, -0.25) is 28.8 Å². The summed E-state index contributed by atoms with van der Waals surface area (Å²) in [6.07, 6.45) is 1.59. The van der Waals surface area contributed by atoms with E-state index < -0.39 is 11.7 Å². The number of carbonyl (C=O) groups excluding carboxylic acids is 3. The SMILES string of the molecule is CCCCN1C(=O)c2ccc(C(=O)Nc3cccc(-c4noc(=O)[nH]4)c3)cc2C1=O. The summed E-state index contributed by atoms with van der Waals surface area (Å²) >= 11 is 0. The lowest BCUT2D eigenvalue weighted by molar-refractivity contribution is 0.0652. The van der Waals surface area contributed by atoms with E-state index in [4.69, 9.17) is 0 Å². The van der Waals surface area contributed by atoms with Gasteiger partial charge in [0.15, 0.2) is 5.82 Å². The van der Waals surface area contributed by atoms with E-state index in [1.807, 2.05) is 6.92 Å². The number of anilines is 1. The van der Waals surface area contributed by atoms with E-state index in [1.165, 1.54) is 23.1 Å². The summed E-state index contributed by atoms with van der Waals surface area (Å²) in [6, 6.07) is 11.2. The van der Waals surface area contributed by atoms with E-state index >= 15 is 0 Å². The molecular weight excluding hydrogens is 388 g/mol. The summed E-state index contributed by atoms with van der Waals surface area (Å²) < 4.78 is 4.49. The lowest BCUT2D eigenvalue weighted by Crippen LogP contribution is -2.30. The topological polar surface area (TPSA) is 125 Å². The van der Waals surface area contributed by atoms with Gasteiger partial charge in [-0.25, -0.2) is 4.79 Å². The molecule has 1 aliphatic heterocycles. The monoisotopic (exact) mass is 406 g/mol. The second kappa shape index (κ2) is 7.78. The molecule has 3 aromatic rings. The fourth-order valence-electron chi connectivity index (χ4n) is 3.25. The number of hydrogen-bond donors (Lipinski definition) is 2. The van der Waals surface area contributed by atoms with Crippen LogP contribution in [-0.4, -0.2) is 39.3 Å². The van der Waals surface area contributed by atoms with E-state index in [1.54, 1.807) is 24.3 Å². The van der Waals surface area contributed by atoms with Gasteiger partial charge in [-0.2, -0.15) is 0 Å². The van der Waals surface area contributed by atoms with E-state index in [9.17, 15) is 19.2 Å². The predicted molar refractivity (Wildman–Crippen MR) is 107 cm³/mol. The first kappa shape index (κ1) is 19.3. The molecule has 1 aromatic heterocycles. The summed E-state index contributed by atoms with van der Waals surface area (Å²) in [5.41, 5.74) is 1.82. The summed E-state index contributed by atoms with van der Waals surface area (Å²) in [5, 5.41) is 6.36. The Bertz CT molecular complexity index is 1210. The highest BCUT2D eigenvalue weighted by molar-refractivity contribution is 6.22. The highest BCUT2D eigenvalue weighted by Gasteiger charge is 2.35. The van der Waals surface area contributed by atoms with Crippen LogP contribution in [0.5, 0.6) is 0 Å². The molecule has 2 heterocycles. The maximum Gasteiger partial charge on any atom is 0.439 e. The maximum atomic E-state index is 12.7. The molecule has 0 bridgehead atoms. The van der Waals surface area contributed by atoms with Crippen molar-refractivity contribution >= 4 is 23.4 Å². The van der Waals surface area contributed by atoms with Gasteiger partial charge in [0.25, 0.3) is 17.7 Å². The molecule has 0 radical (unpaired) electrons. The number of H-pyrrole nitrogens is 1. The molecule has 1 aliphatic rings. The first-order chi connectivity index (χ1) is 14.5. The Morgan fingerprint density at radius 2 is 1.90 bits per heavy atom. The van der Waals surface area contributed by atoms with Crippen LogP contribution in [0.1, 0.15) is 50.8 Å². The molecule has 0 aliphatic carbocycles. The van der Waals surface area contributed by atoms with Gasteiger partial charge in [-0.05, 0) is 36.8 Å². The molecule has 0 fully saturated rings. The van der Waals surface area contributed by atoms with Crippen LogP contribution in [-0.2, 0) is 0 Å². The Morgan fingerprint density at radius 3 is 2.63 bits per heavy atom. The number of aromatic amines is 1. The number of carbonyl (C=O) groups is 3. The smallest absolute Gasteiger partial charge is 0.322 e. The Kier molecular flexibility index (Phi) is 5.01. The second-order valence-corrected chi connectivity index (χ2v) is 6.85. The quantitative estimate of drug-likeness (QED) is 0.606. The number of imide groups is 1. The molecule has 30 heavy (non-hydrogen) atoms. The van der Waals surface area contributed by atoms with Gasteiger partial charge in [-0.1, -0.05) is 30.6 Å². The number of hydrogen-bond acceptors (Lipinski definition) is 6. The molecule has 2 aromatic carbocycles. The Hall–Kier alpha value is -4.01. The minimum absolute atomic E-state index is 0.234. The molecule has 0 atom stereocenters. The third-order valence-corrected chi connectivity index (χ3v) is 4.80. The molecule has 152 valence electrons. The molecule has 0 saturated heterocycles. The van der Waals surface area contributed by atoms with E-state index in [2.05, 4.69) is 20.0 Å². The van der Waals surface area contributed by atoms with Crippen molar-refractivity contribution in [2.24, 2.45) is 0 Å². The van der Waals surface area contributed by atoms with Crippen molar-refractivity contribution < 1.29 is 18.9 Å². The largest absolute Gasteiger partial charge is 0.439 e. The number of rotatable bonds is 6. The zero-order chi connectivity index (χ0) is 21.3. The molecule has 0 unspecified atom stereocenters. The number of unbranched alkanes of at least 4 members (excludes halogenated alkanes) is 1. The summed E-state index contributed by atoms with van der Waals surface area (Å²) in [6.45, 7) is 2.34. The first-order valence-electron chi connectivity index (χ1n) is 9.46. The standard InChI is InChI=1S/C21H18N4O5/c1-2-3-9-25-19(27)15-8-7-13(11-16(15)20(25)28)18(26)22-14-6-4-5-12(10-14)17-23-21(29)30-24-17/h4-8,10-11H,2-3,9H2,1H3,(H,22,26)(H,23,24,29). The number of aromatic nitrogens is 2. The Morgan fingerprint density at radius 1 is 1.10 bits per heavy atom. The van der Waals surface area contributed by atoms with Crippen molar-refractivity contribution in [3.05, 3.63) is 69.7 Å². The predicted octanol–water partition coefficient (Wildman–Crippen LogP) is 2.68. The van der Waals surface area contributed by atoms with E-state index in [-0.39, 0.29) is 28.8 Å². The number of benzene rings is 2. The van der Waals surface area contributed by atoms with Gasteiger partial charge >= 0.3 is 5.76 Å². The van der Waals surface area contributed by atoms with Crippen LogP contribution in [0.4, 0.5) is 5.69 Å². The van der Waals surface area contributed by atoms with Crippen molar-refractivity contribution in [2.75, 3.05) is 11.9 Å². The minimum Gasteiger partial charge on any atom is -0.322 e. The lowest BCUT2D eigenvalue weighted by atomic mass is 10.1. The molecule has 3 amide bonds. The van der Waals surface area contributed by atoms with Gasteiger partial charge < -0.3 is 5.32 Å². The van der Waals surface area contributed by atoms with Crippen LogP contribution in [0, 0.1) is 0 Å². The average molecular weight is 406 g/mol. The third-order valence-electron chi connectivity index (χ3n) is 4.80. The number of fused-ring (bicyclic) bond motifs is 1. The zero-order valence-corrected chi connectivity index (χ0v) is 16.1. The van der Waals surface area contributed by atoms with Crippen LogP contribution in [0.25, 0.3) is 11.4 Å². The molecule has 4 rings (SSSR count). The molecule has 0 saturated carbocycles. The van der Waals surface area contributed by atoms with Gasteiger partial charge in [0.1, 0.15) is 0 Å². The lowest BCUT2D eigenvalue weighted by Gasteiger charge is -2.12. The van der Waals surface area contributed by atoms with Crippen molar-refractivity contribution in [1.29, 1.82) is 0 Å². The fourth-order valence-corrected chi connectivity index (χ4v) is 3.25. The van der Waals surface area contributed by atoms with Gasteiger partial charge in [-0.15, -0.1) is 0 Å². The van der Waals surface area contributed by atoms with Gasteiger partial charge in [0.2, 0.25) is 0 Å². The molecular formula is C21H18N4O5. The van der Waals surface area contributed by atoms with E-state index in [0.717, 1.165) is 12.8 Å². The summed E-state index contributed by atoms with van der Waals surface area (Å²) in [5.74, 6) is -1.58. The molecule has 9 nitrogen and oxygen atoms in total. The van der Waals surface area contributed by atoms with Crippen molar-refractivity contribution in [1.82, 2.24) is 15.0 Å². The minimum atomic E-state index is -0.676. The van der Waals surface area contributed by atoms with Crippen LogP contribution in [0.3, 0.4) is 0 Å². The van der Waals surface area contributed by atoms with Crippen molar-refractivity contribution in [3.63, 3.8) is 0 Å². The summed E-state index contributed by atoms with van der Waals surface area (Å²) in [4.78, 5) is 52.5. The highest BCUT2D eigenvalue weighted by Crippen LogP contribution is 2.25. The van der Waals surface area contributed by atoms with Crippen molar-refractivity contribution in [3.8, 4) is 11.4 Å². The van der Waals surface area contributed by atoms with Crippen molar-refractivity contribution in [2.45, 2.75) is 19.8 Å². The van der Waals surface area contributed by atoms with E-state index in [0.29, 0.717) is 23.4 Å². The van der Waals surface area contributed by atoms with Gasteiger partial charge in [0.05, 0.1) is 11.1 Å². The maximum absolute atomic E-state index is 12.7. The Balaban J connectivity index is 1.55. The molecule has 9 heteroatoms. The number of amides is 3. The average Bonchev–Trinajstić information content (AvgIpc) is 3.28. The normalized spacial score (nSPS) is 12.9. The first-order valence-corrected chi connectivity index (χ1v) is 9.46. The van der Waals surface area contributed by atoms with Crippen LogP contribution >= 0.6 is 0 Å². The fraction of sp³-hybridized carbons (Fsp3) is 0.190. The van der Waals surface area contributed by atoms with Crippen LogP contribution < -0.4 is 11.1 Å². The highest BCUT2D eigenvalue weighted by atomic mass is 16.5. The molecule has 2 N–H and O–H groups in total.